The lowest BCUT2D eigenvalue weighted by Gasteiger charge is -2.25. The van der Waals surface area contributed by atoms with Crippen LogP contribution in [-0.2, 0) is 16.0 Å². The molecule has 1 fully saturated rings. The Labute approximate surface area is 224 Å². The van der Waals surface area contributed by atoms with Gasteiger partial charge in [-0.1, -0.05) is 43.9 Å². The monoisotopic (exact) mass is 522 g/mol. The van der Waals surface area contributed by atoms with Gasteiger partial charge >= 0.3 is 0 Å². The van der Waals surface area contributed by atoms with Crippen LogP contribution in [0, 0.1) is 0 Å². The third-order valence-electron chi connectivity index (χ3n) is 7.58. The summed E-state index contributed by atoms with van der Waals surface area (Å²) in [7, 11) is 0. The molecule has 0 bridgehead atoms. The summed E-state index contributed by atoms with van der Waals surface area (Å²) >= 11 is 0. The van der Waals surface area contributed by atoms with Crippen LogP contribution in [0.25, 0.3) is 0 Å². The van der Waals surface area contributed by atoms with Crippen LogP contribution in [0.4, 0.5) is 0 Å². The summed E-state index contributed by atoms with van der Waals surface area (Å²) in [5.74, 6) is 1.92. The Kier molecular flexibility index (Phi) is 8.68. The van der Waals surface area contributed by atoms with E-state index in [1.54, 1.807) is 0 Å². The summed E-state index contributed by atoms with van der Waals surface area (Å²) in [5.41, 5.74) is 1.44. The number of hydrogen-bond donors (Lipinski definition) is 0. The molecule has 2 aromatic rings. The Morgan fingerprint density at radius 2 is 1.66 bits per heavy atom. The smallest absolute Gasteiger partial charge is 0.257 e. The topological polar surface area (TPSA) is 77.5 Å². The van der Waals surface area contributed by atoms with E-state index in [9.17, 15) is 9.59 Å². The van der Waals surface area contributed by atoms with Gasteiger partial charge < -0.3 is 28.7 Å². The second-order valence-electron chi connectivity index (χ2n) is 10.2. The predicted molar refractivity (Wildman–Crippen MR) is 143 cm³/mol. The number of rotatable bonds is 3. The number of fused-ring (bicyclic) bond motifs is 3. The first-order valence-corrected chi connectivity index (χ1v) is 13.9. The fraction of sp³-hybridized carbons (Fsp3) is 0.533. The summed E-state index contributed by atoms with van der Waals surface area (Å²) in [6, 6.07) is 13.0. The van der Waals surface area contributed by atoms with E-state index in [4.69, 9.17) is 18.9 Å². The van der Waals surface area contributed by atoms with E-state index < -0.39 is 0 Å². The molecule has 3 heterocycles. The summed E-state index contributed by atoms with van der Waals surface area (Å²) < 4.78 is 23.6. The highest BCUT2D eigenvalue weighted by molar-refractivity contribution is 5.97. The Bertz CT molecular complexity index is 1120. The van der Waals surface area contributed by atoms with Crippen molar-refractivity contribution in [2.45, 2.75) is 64.1 Å². The van der Waals surface area contributed by atoms with Crippen LogP contribution in [0.2, 0.25) is 0 Å². The van der Waals surface area contributed by atoms with Crippen molar-refractivity contribution in [2.24, 2.45) is 0 Å². The molecule has 0 radical (unpaired) electrons. The van der Waals surface area contributed by atoms with Crippen molar-refractivity contribution < 1.29 is 28.5 Å². The molecule has 8 heteroatoms. The number of hydrogen-bond acceptors (Lipinski definition) is 6. The van der Waals surface area contributed by atoms with Crippen LogP contribution in [-0.4, -0.2) is 73.4 Å². The molecule has 0 aromatic heterocycles. The molecule has 3 aliphatic rings. The van der Waals surface area contributed by atoms with Crippen molar-refractivity contribution >= 4 is 11.8 Å². The van der Waals surface area contributed by atoms with Crippen molar-refractivity contribution in [2.75, 3.05) is 39.6 Å². The van der Waals surface area contributed by atoms with Gasteiger partial charge in [0.15, 0.2) is 11.5 Å². The average Bonchev–Trinajstić information content (AvgIpc) is 3.56. The van der Waals surface area contributed by atoms with Gasteiger partial charge in [0.05, 0.1) is 25.1 Å². The number of likely N-dealkylation sites (tertiary alicyclic amines) is 1. The molecule has 0 spiro atoms. The van der Waals surface area contributed by atoms with Gasteiger partial charge in [-0.25, -0.2) is 0 Å². The largest absolute Gasteiger partial charge is 0.485 e. The zero-order chi connectivity index (χ0) is 26.3. The lowest BCUT2D eigenvalue weighted by atomic mass is 10.1. The summed E-state index contributed by atoms with van der Waals surface area (Å²) in [6.07, 6.45) is 6.21. The van der Waals surface area contributed by atoms with Crippen LogP contribution in [0.1, 0.15) is 61.4 Å². The molecule has 3 aliphatic heterocycles. The molecule has 0 N–H and O–H groups in total. The van der Waals surface area contributed by atoms with Crippen molar-refractivity contribution in [3.05, 3.63) is 53.6 Å². The maximum atomic E-state index is 13.4. The molecule has 0 aliphatic carbocycles. The van der Waals surface area contributed by atoms with Gasteiger partial charge in [-0.15, -0.1) is 0 Å². The van der Waals surface area contributed by atoms with E-state index in [0.717, 1.165) is 44.2 Å². The third kappa shape index (κ3) is 6.23. The van der Waals surface area contributed by atoms with Crippen LogP contribution in [0.3, 0.4) is 0 Å². The van der Waals surface area contributed by atoms with Gasteiger partial charge in [0, 0.05) is 19.7 Å². The fourth-order valence-electron chi connectivity index (χ4n) is 5.39. The Hall–Kier alpha value is -3.26. The third-order valence-corrected chi connectivity index (χ3v) is 7.58. The molecule has 38 heavy (non-hydrogen) atoms. The lowest BCUT2D eigenvalue weighted by molar-refractivity contribution is -0.130. The van der Waals surface area contributed by atoms with Crippen molar-refractivity contribution in [1.29, 1.82) is 0 Å². The van der Waals surface area contributed by atoms with E-state index >= 15 is 0 Å². The molecule has 204 valence electrons. The van der Waals surface area contributed by atoms with Crippen LogP contribution in [0.5, 0.6) is 17.2 Å². The predicted octanol–water partition coefficient (Wildman–Crippen LogP) is 4.45. The summed E-state index contributed by atoms with van der Waals surface area (Å²) in [6.45, 7) is 5.14. The number of carbonyl (C=O) groups is 2. The second kappa shape index (κ2) is 12.5. The van der Waals surface area contributed by atoms with Gasteiger partial charge in [0.25, 0.3) is 5.91 Å². The Morgan fingerprint density at radius 3 is 2.53 bits per heavy atom. The molecule has 0 unspecified atom stereocenters. The number of amides is 2. The highest BCUT2D eigenvalue weighted by Crippen LogP contribution is 2.33. The number of para-hydroxylation sites is 1. The second-order valence-corrected chi connectivity index (χ2v) is 10.2. The van der Waals surface area contributed by atoms with E-state index in [-0.39, 0.29) is 37.2 Å². The van der Waals surface area contributed by atoms with Crippen LogP contribution < -0.4 is 14.2 Å². The van der Waals surface area contributed by atoms with Crippen LogP contribution >= 0.6 is 0 Å². The SMILES string of the molecule is CCN1CCCCCCCCO[C@@H]2CN(C(=O)Cc3ccc4c(c3)OCO4)C[C@H]2Oc2ccccc2C1=O. The summed E-state index contributed by atoms with van der Waals surface area (Å²) in [5, 5.41) is 0. The standard InChI is InChI=1S/C30H38N2O6/c1-2-31-15-9-5-3-4-6-10-16-35-27-19-32(20-28(27)38-24-12-8-7-11-23(24)30(31)34)29(33)18-22-13-14-25-26(17-22)37-21-36-25/h7-8,11-14,17,27-28H,2-6,9-10,15-16,18-21H2,1H3/t27-,28-/m1/s1. The van der Waals surface area contributed by atoms with Gasteiger partial charge in [-0.3, -0.25) is 9.59 Å². The zero-order valence-corrected chi connectivity index (χ0v) is 22.2. The average molecular weight is 523 g/mol. The first-order valence-electron chi connectivity index (χ1n) is 13.9. The Morgan fingerprint density at radius 1 is 0.895 bits per heavy atom. The van der Waals surface area contributed by atoms with Crippen molar-refractivity contribution in [1.82, 2.24) is 9.80 Å². The number of nitrogens with zero attached hydrogens (tertiary/aromatic N) is 2. The number of carbonyl (C=O) groups excluding carboxylic acids is 2. The minimum atomic E-state index is -0.354. The molecular weight excluding hydrogens is 484 g/mol. The molecule has 5 rings (SSSR count). The minimum absolute atomic E-state index is 0.0102. The molecule has 2 aromatic carbocycles. The van der Waals surface area contributed by atoms with Crippen molar-refractivity contribution in [3.8, 4) is 17.2 Å². The minimum Gasteiger partial charge on any atom is -0.485 e. The molecule has 0 saturated carbocycles. The summed E-state index contributed by atoms with van der Waals surface area (Å²) in [4.78, 5) is 30.5. The van der Waals surface area contributed by atoms with E-state index in [0.29, 0.717) is 49.1 Å². The lowest BCUT2D eigenvalue weighted by Crippen LogP contribution is -2.35. The molecule has 2 amide bonds. The molecule has 8 nitrogen and oxygen atoms in total. The molecular formula is C30H38N2O6. The van der Waals surface area contributed by atoms with E-state index in [2.05, 4.69) is 0 Å². The zero-order valence-electron chi connectivity index (χ0n) is 22.2. The maximum absolute atomic E-state index is 13.4. The first-order chi connectivity index (χ1) is 18.6. The number of benzene rings is 2. The maximum Gasteiger partial charge on any atom is 0.257 e. The van der Waals surface area contributed by atoms with Gasteiger partial charge in [-0.05, 0) is 49.6 Å². The fourth-order valence-corrected chi connectivity index (χ4v) is 5.39. The van der Waals surface area contributed by atoms with Gasteiger partial charge in [-0.2, -0.15) is 0 Å². The van der Waals surface area contributed by atoms with E-state index in [1.165, 1.54) is 6.42 Å². The number of ether oxygens (including phenoxy) is 4. The quantitative estimate of drug-likeness (QED) is 0.593. The molecule has 2 atom stereocenters. The first kappa shape index (κ1) is 26.4. The van der Waals surface area contributed by atoms with Crippen molar-refractivity contribution in [3.63, 3.8) is 0 Å². The van der Waals surface area contributed by atoms with E-state index in [1.807, 2.05) is 59.2 Å². The normalized spacial score (nSPS) is 22.5. The highest BCUT2D eigenvalue weighted by Gasteiger charge is 2.38. The van der Waals surface area contributed by atoms with Gasteiger partial charge in [0.1, 0.15) is 18.0 Å². The Balaban J connectivity index is 1.32. The molecule has 1 saturated heterocycles. The highest BCUT2D eigenvalue weighted by atomic mass is 16.7. The van der Waals surface area contributed by atoms with Crippen LogP contribution in [0.15, 0.2) is 42.5 Å². The van der Waals surface area contributed by atoms with Gasteiger partial charge in [0.2, 0.25) is 12.7 Å².